The normalized spacial score (nSPS) is 14.7. The molecule has 0 fully saturated rings. The third kappa shape index (κ3) is 1.14. The molecule has 11 heavy (non-hydrogen) atoms. The van der Waals surface area contributed by atoms with Crippen molar-refractivity contribution in [3.05, 3.63) is 35.4 Å². The third-order valence-electron chi connectivity index (χ3n) is 2.01. The van der Waals surface area contributed by atoms with E-state index < -0.39 is 0 Å². The molecule has 1 aliphatic rings. The minimum absolute atomic E-state index is 0.656. The lowest BCUT2D eigenvalue weighted by Crippen LogP contribution is -1.93. The van der Waals surface area contributed by atoms with Crippen LogP contribution in [0.25, 0.3) is 0 Å². The van der Waals surface area contributed by atoms with Gasteiger partial charge in [0.2, 0.25) is 0 Å². The van der Waals surface area contributed by atoms with Crippen LogP contribution < -0.4 is 0 Å². The lowest BCUT2D eigenvalue weighted by atomic mass is 10.1. The van der Waals surface area contributed by atoms with Crippen molar-refractivity contribution in [1.82, 2.24) is 0 Å². The van der Waals surface area contributed by atoms with Crippen molar-refractivity contribution in [1.29, 1.82) is 0 Å². The molecular weight excluding hydrogens is 156 g/mol. The van der Waals surface area contributed by atoms with E-state index >= 15 is 0 Å². The number of hydrogen-bond acceptors (Lipinski definition) is 1. The van der Waals surface area contributed by atoms with Gasteiger partial charge >= 0.3 is 0 Å². The molecule has 2 heteroatoms. The van der Waals surface area contributed by atoms with E-state index in [-0.39, 0.29) is 0 Å². The van der Waals surface area contributed by atoms with Crippen LogP contribution in [0.4, 0.5) is 0 Å². The molecule has 1 aliphatic carbocycles. The first-order valence-corrected chi connectivity index (χ1v) is 4.35. The summed E-state index contributed by atoms with van der Waals surface area (Å²) >= 11 is 0.656. The van der Waals surface area contributed by atoms with E-state index in [1.54, 1.807) is 0 Å². The van der Waals surface area contributed by atoms with E-state index in [9.17, 15) is 4.21 Å². The molecule has 0 saturated heterocycles. The van der Waals surface area contributed by atoms with Crippen molar-refractivity contribution >= 4 is 16.1 Å². The second kappa shape index (κ2) is 2.62. The summed E-state index contributed by atoms with van der Waals surface area (Å²) in [5.74, 6) is 0. The Morgan fingerprint density at radius 3 is 2.09 bits per heavy atom. The van der Waals surface area contributed by atoms with E-state index in [0.717, 1.165) is 17.7 Å². The molecule has 56 valence electrons. The molecule has 0 amide bonds. The second-order valence-corrected chi connectivity index (χ2v) is 3.49. The van der Waals surface area contributed by atoms with Crippen LogP contribution in [-0.4, -0.2) is 9.07 Å². The summed E-state index contributed by atoms with van der Waals surface area (Å²) in [6, 6.07) is 8.24. The fourth-order valence-electron chi connectivity index (χ4n) is 1.45. The van der Waals surface area contributed by atoms with E-state index in [1.165, 1.54) is 11.1 Å². The molecule has 0 heterocycles. The smallest absolute Gasteiger partial charge is 0.0883 e. The minimum Gasteiger partial charge on any atom is -0.212 e. The molecule has 0 radical (unpaired) electrons. The molecule has 1 aromatic rings. The van der Waals surface area contributed by atoms with Crippen molar-refractivity contribution in [3.8, 4) is 0 Å². The average molecular weight is 164 g/mol. The maximum atomic E-state index is 10.5. The van der Waals surface area contributed by atoms with Crippen molar-refractivity contribution in [2.24, 2.45) is 0 Å². The van der Waals surface area contributed by atoms with Crippen LogP contribution in [0.1, 0.15) is 11.1 Å². The van der Waals surface area contributed by atoms with Crippen molar-refractivity contribution in [2.45, 2.75) is 12.8 Å². The van der Waals surface area contributed by atoms with Crippen LogP contribution in [0.15, 0.2) is 24.3 Å². The maximum absolute atomic E-state index is 10.5. The summed E-state index contributed by atoms with van der Waals surface area (Å²) in [7, 11) is 0. The first kappa shape index (κ1) is 6.80. The highest BCUT2D eigenvalue weighted by Crippen LogP contribution is 2.18. The topological polar surface area (TPSA) is 17.1 Å². The van der Waals surface area contributed by atoms with Gasteiger partial charge in [0.05, 0.1) is 11.3 Å². The fourth-order valence-corrected chi connectivity index (χ4v) is 1.88. The van der Waals surface area contributed by atoms with Crippen molar-refractivity contribution in [3.63, 3.8) is 0 Å². The van der Waals surface area contributed by atoms with Crippen LogP contribution in [0.3, 0.4) is 0 Å². The third-order valence-corrected chi connectivity index (χ3v) is 2.54. The van der Waals surface area contributed by atoms with Crippen LogP contribution >= 0.6 is 0 Å². The number of rotatable bonds is 0. The zero-order valence-electron chi connectivity index (χ0n) is 6.04. The number of hydrogen-bond donors (Lipinski definition) is 0. The Hall–Kier alpha value is -0.890. The van der Waals surface area contributed by atoms with Gasteiger partial charge in [-0.05, 0) is 11.1 Å². The molecule has 0 spiro atoms. The zero-order chi connectivity index (χ0) is 7.68. The molecule has 1 nitrogen and oxygen atoms in total. The second-order valence-electron chi connectivity index (χ2n) is 2.74. The first-order chi connectivity index (χ1) is 5.40. The highest BCUT2D eigenvalue weighted by molar-refractivity contribution is 7.66. The average Bonchev–Trinajstić information content (AvgIpc) is 2.46. The van der Waals surface area contributed by atoms with Crippen molar-refractivity contribution in [2.75, 3.05) is 0 Å². The summed E-state index contributed by atoms with van der Waals surface area (Å²) in [5, 5.41) is 0. The standard InChI is InChI=1S/C9H8OS/c10-11-9-5-7-3-1-2-4-8(7)6-9/h1-4H,5-6H2. The Labute approximate surface area is 69.1 Å². The van der Waals surface area contributed by atoms with E-state index in [2.05, 4.69) is 12.1 Å². The molecule has 0 N–H and O–H groups in total. The molecule has 2 rings (SSSR count). The van der Waals surface area contributed by atoms with Crippen molar-refractivity contribution < 1.29 is 4.21 Å². The first-order valence-electron chi connectivity index (χ1n) is 3.61. The lowest BCUT2D eigenvalue weighted by molar-refractivity contribution is 0.700. The zero-order valence-corrected chi connectivity index (χ0v) is 6.86. The fraction of sp³-hybridized carbons (Fsp3) is 0.222. The molecule has 1 aromatic carbocycles. The van der Waals surface area contributed by atoms with Gasteiger partial charge in [-0.15, -0.1) is 0 Å². The Balaban J connectivity index is 2.48. The van der Waals surface area contributed by atoms with Crippen LogP contribution in [0.5, 0.6) is 0 Å². The van der Waals surface area contributed by atoms with Gasteiger partial charge in [-0.3, -0.25) is 0 Å². The number of benzene rings is 1. The minimum atomic E-state index is 0.656. The molecule has 0 unspecified atom stereocenters. The summed E-state index contributed by atoms with van der Waals surface area (Å²) in [6.45, 7) is 0. The van der Waals surface area contributed by atoms with E-state index in [1.807, 2.05) is 12.1 Å². The Bertz CT molecular complexity index is 310. The van der Waals surface area contributed by atoms with Gasteiger partial charge in [0, 0.05) is 17.7 Å². The summed E-state index contributed by atoms with van der Waals surface area (Å²) in [5.41, 5.74) is 2.65. The molecule has 0 aromatic heterocycles. The highest BCUT2D eigenvalue weighted by atomic mass is 32.1. The molecular formula is C9H8OS. The SMILES string of the molecule is O=S=C1Cc2ccccc2C1. The monoisotopic (exact) mass is 164 g/mol. The predicted octanol–water partition coefficient (Wildman–Crippen LogP) is 1.17. The molecule has 0 saturated carbocycles. The maximum Gasteiger partial charge on any atom is 0.0883 e. The summed E-state index contributed by atoms with van der Waals surface area (Å²) < 4.78 is 10.5. The van der Waals surface area contributed by atoms with Crippen LogP contribution in [-0.2, 0) is 24.1 Å². The Kier molecular flexibility index (Phi) is 1.62. The highest BCUT2D eigenvalue weighted by Gasteiger charge is 2.14. The van der Waals surface area contributed by atoms with E-state index in [4.69, 9.17) is 0 Å². The van der Waals surface area contributed by atoms with Gasteiger partial charge in [0.15, 0.2) is 0 Å². The van der Waals surface area contributed by atoms with E-state index in [0.29, 0.717) is 11.3 Å². The van der Waals surface area contributed by atoms with Gasteiger partial charge in [0.25, 0.3) is 0 Å². The molecule has 0 bridgehead atoms. The number of fused-ring (bicyclic) bond motifs is 1. The predicted molar refractivity (Wildman–Crippen MR) is 47.0 cm³/mol. The summed E-state index contributed by atoms with van der Waals surface area (Å²) in [4.78, 5) is 1.05. The van der Waals surface area contributed by atoms with Crippen LogP contribution in [0, 0.1) is 0 Å². The summed E-state index contributed by atoms with van der Waals surface area (Å²) in [6.07, 6.45) is 1.76. The van der Waals surface area contributed by atoms with Gasteiger partial charge in [0.1, 0.15) is 0 Å². The Morgan fingerprint density at radius 2 is 1.64 bits per heavy atom. The largest absolute Gasteiger partial charge is 0.212 e. The van der Waals surface area contributed by atoms with Gasteiger partial charge in [-0.1, -0.05) is 24.3 Å². The van der Waals surface area contributed by atoms with Gasteiger partial charge in [-0.2, -0.15) is 0 Å². The lowest BCUT2D eigenvalue weighted by Gasteiger charge is -1.92. The molecule has 0 atom stereocenters. The Morgan fingerprint density at radius 1 is 1.09 bits per heavy atom. The van der Waals surface area contributed by atoms with Gasteiger partial charge < -0.3 is 0 Å². The van der Waals surface area contributed by atoms with Crippen LogP contribution in [0.2, 0.25) is 0 Å². The quantitative estimate of drug-likeness (QED) is 0.526. The van der Waals surface area contributed by atoms with Gasteiger partial charge in [-0.25, -0.2) is 4.21 Å². The molecule has 0 aliphatic heterocycles.